The summed E-state index contributed by atoms with van der Waals surface area (Å²) >= 11 is 1.39. The van der Waals surface area contributed by atoms with Crippen molar-refractivity contribution in [1.82, 2.24) is 4.90 Å². The number of amidine groups is 1. The van der Waals surface area contributed by atoms with Crippen LogP contribution in [0.2, 0.25) is 0 Å². The summed E-state index contributed by atoms with van der Waals surface area (Å²) in [6, 6.07) is 15.3. The molecule has 0 atom stereocenters. The smallest absolute Gasteiger partial charge is 0.266 e. The largest absolute Gasteiger partial charge is 0.493 e. The van der Waals surface area contributed by atoms with E-state index >= 15 is 0 Å². The number of nitrogens with zero attached hydrogens (tertiary/aromatic N) is 2. The van der Waals surface area contributed by atoms with E-state index in [1.165, 1.54) is 11.8 Å². The maximum atomic E-state index is 12.8. The Morgan fingerprint density at radius 1 is 1.11 bits per heavy atom. The summed E-state index contributed by atoms with van der Waals surface area (Å²) < 4.78 is 10.9. The van der Waals surface area contributed by atoms with Crippen LogP contribution in [0.4, 0.5) is 5.69 Å². The number of ether oxygens (including phenoxy) is 2. The van der Waals surface area contributed by atoms with Crippen LogP contribution < -0.4 is 9.47 Å². The van der Waals surface area contributed by atoms with Gasteiger partial charge in [0.2, 0.25) is 0 Å². The molecule has 0 bridgehead atoms. The second-order valence-electron chi connectivity index (χ2n) is 5.73. The highest BCUT2D eigenvalue weighted by Crippen LogP contribution is 2.35. The highest BCUT2D eigenvalue weighted by molar-refractivity contribution is 8.18. The van der Waals surface area contributed by atoms with Gasteiger partial charge in [-0.05, 0) is 61.5 Å². The number of carbonyl (C=O) groups is 1. The van der Waals surface area contributed by atoms with Crippen molar-refractivity contribution in [3.63, 3.8) is 0 Å². The zero-order valence-corrected chi connectivity index (χ0v) is 16.5. The van der Waals surface area contributed by atoms with E-state index < -0.39 is 0 Å². The predicted octanol–water partition coefficient (Wildman–Crippen LogP) is 4.72. The molecule has 0 aromatic heterocycles. The van der Waals surface area contributed by atoms with E-state index in [-0.39, 0.29) is 5.91 Å². The Morgan fingerprint density at radius 3 is 2.56 bits per heavy atom. The third-order valence-electron chi connectivity index (χ3n) is 3.97. The van der Waals surface area contributed by atoms with Gasteiger partial charge in [-0.3, -0.25) is 9.69 Å². The van der Waals surface area contributed by atoms with Gasteiger partial charge in [-0.25, -0.2) is 4.99 Å². The van der Waals surface area contributed by atoms with E-state index in [9.17, 15) is 4.79 Å². The molecule has 2 aromatic rings. The van der Waals surface area contributed by atoms with Crippen molar-refractivity contribution in [3.05, 3.63) is 59.0 Å². The summed E-state index contributed by atoms with van der Waals surface area (Å²) in [7, 11) is 1.61. The molecule has 140 valence electrons. The van der Waals surface area contributed by atoms with Gasteiger partial charge in [-0.1, -0.05) is 24.3 Å². The molecule has 1 aliphatic heterocycles. The summed E-state index contributed by atoms with van der Waals surface area (Å²) in [6.45, 7) is 4.98. The van der Waals surface area contributed by atoms with Crippen LogP contribution in [0.5, 0.6) is 11.5 Å². The fourth-order valence-corrected chi connectivity index (χ4v) is 3.75. The summed E-state index contributed by atoms with van der Waals surface area (Å²) in [5.74, 6) is 1.30. The third kappa shape index (κ3) is 4.34. The Hall–Kier alpha value is -2.73. The molecule has 0 N–H and O–H groups in total. The van der Waals surface area contributed by atoms with E-state index in [1.54, 1.807) is 12.0 Å². The Balaban J connectivity index is 1.92. The van der Waals surface area contributed by atoms with Crippen molar-refractivity contribution in [1.29, 1.82) is 0 Å². The van der Waals surface area contributed by atoms with Gasteiger partial charge in [-0.15, -0.1) is 0 Å². The van der Waals surface area contributed by atoms with Crippen molar-refractivity contribution in [3.8, 4) is 11.5 Å². The van der Waals surface area contributed by atoms with Crippen LogP contribution in [0, 0.1) is 0 Å². The molecule has 1 fully saturated rings. The number of aliphatic imine (C=N–C) groups is 1. The minimum atomic E-state index is -0.0361. The first kappa shape index (κ1) is 19.0. The molecule has 1 aliphatic rings. The van der Waals surface area contributed by atoms with E-state index in [2.05, 4.69) is 4.99 Å². The van der Waals surface area contributed by atoms with Gasteiger partial charge >= 0.3 is 0 Å². The Kier molecular flexibility index (Phi) is 6.19. The molecule has 1 heterocycles. The molecule has 2 aromatic carbocycles. The van der Waals surface area contributed by atoms with Crippen molar-refractivity contribution in [2.75, 3.05) is 20.3 Å². The van der Waals surface area contributed by atoms with Crippen LogP contribution in [0.3, 0.4) is 0 Å². The molecule has 1 amide bonds. The lowest BCUT2D eigenvalue weighted by molar-refractivity contribution is -0.122. The quantitative estimate of drug-likeness (QED) is 0.679. The summed E-state index contributed by atoms with van der Waals surface area (Å²) in [5.41, 5.74) is 1.71. The average molecular weight is 382 g/mol. The predicted molar refractivity (Wildman–Crippen MR) is 111 cm³/mol. The molecule has 0 radical (unpaired) electrons. The number of thioether (sulfide) groups is 1. The number of hydrogen-bond acceptors (Lipinski definition) is 5. The second-order valence-corrected chi connectivity index (χ2v) is 6.74. The standard InChI is InChI=1S/C21H22N2O3S/c1-4-23-20(24)19(27-21(23)22-16-9-7-6-8-10-16)14-15-11-12-17(25-3)18(13-15)26-5-2/h6-14H,4-5H2,1-3H3/b19-14+,22-21?. The number of methoxy groups -OCH3 is 1. The van der Waals surface area contributed by atoms with Crippen molar-refractivity contribution < 1.29 is 14.3 Å². The first-order chi connectivity index (χ1) is 13.2. The number of carbonyl (C=O) groups excluding carboxylic acids is 1. The van der Waals surface area contributed by atoms with Gasteiger partial charge in [0.15, 0.2) is 16.7 Å². The van der Waals surface area contributed by atoms with E-state index in [0.29, 0.717) is 34.7 Å². The zero-order valence-electron chi connectivity index (χ0n) is 15.6. The molecule has 0 unspecified atom stereocenters. The van der Waals surface area contributed by atoms with Gasteiger partial charge in [-0.2, -0.15) is 0 Å². The number of hydrogen-bond donors (Lipinski definition) is 0. The molecule has 0 spiro atoms. The molecule has 6 heteroatoms. The average Bonchev–Trinajstić information content (AvgIpc) is 2.97. The maximum absolute atomic E-state index is 12.8. The molecule has 27 heavy (non-hydrogen) atoms. The highest BCUT2D eigenvalue weighted by atomic mass is 32.2. The lowest BCUT2D eigenvalue weighted by Gasteiger charge is -2.12. The monoisotopic (exact) mass is 382 g/mol. The summed E-state index contributed by atoms with van der Waals surface area (Å²) in [4.78, 5) is 19.7. The molecular weight excluding hydrogens is 360 g/mol. The fourth-order valence-electron chi connectivity index (χ4n) is 2.69. The SMILES string of the molecule is CCOc1cc(/C=C2/SC(=Nc3ccccc3)N(CC)C2=O)ccc1OC. The van der Waals surface area contributed by atoms with Crippen LogP contribution in [0.1, 0.15) is 19.4 Å². The zero-order chi connectivity index (χ0) is 19.2. The van der Waals surface area contributed by atoms with E-state index in [0.717, 1.165) is 11.3 Å². The highest BCUT2D eigenvalue weighted by Gasteiger charge is 2.32. The summed E-state index contributed by atoms with van der Waals surface area (Å²) in [5, 5.41) is 0.693. The van der Waals surface area contributed by atoms with Crippen molar-refractivity contribution in [2.24, 2.45) is 4.99 Å². The normalized spacial score (nSPS) is 17.0. The molecule has 3 rings (SSSR count). The van der Waals surface area contributed by atoms with Gasteiger partial charge in [0.05, 0.1) is 24.3 Å². The van der Waals surface area contributed by atoms with Gasteiger partial charge in [0.25, 0.3) is 5.91 Å². The van der Waals surface area contributed by atoms with Crippen molar-refractivity contribution >= 4 is 34.6 Å². The van der Waals surface area contributed by atoms with Crippen LogP contribution >= 0.6 is 11.8 Å². The number of para-hydroxylation sites is 1. The van der Waals surface area contributed by atoms with Crippen LogP contribution in [0.15, 0.2) is 58.4 Å². The number of likely N-dealkylation sites (N-methyl/N-ethyl adjacent to an activating group) is 1. The Morgan fingerprint density at radius 2 is 1.89 bits per heavy atom. The van der Waals surface area contributed by atoms with Crippen LogP contribution in [-0.4, -0.2) is 36.2 Å². The topological polar surface area (TPSA) is 51.1 Å². The van der Waals surface area contributed by atoms with Gasteiger partial charge in [0.1, 0.15) is 0 Å². The van der Waals surface area contributed by atoms with E-state index in [1.807, 2.05) is 68.5 Å². The Bertz CT molecular complexity index is 878. The van der Waals surface area contributed by atoms with E-state index in [4.69, 9.17) is 9.47 Å². The fraction of sp³-hybridized carbons (Fsp3) is 0.238. The third-order valence-corrected chi connectivity index (χ3v) is 4.98. The molecule has 1 saturated heterocycles. The molecule has 5 nitrogen and oxygen atoms in total. The molecular formula is C21H22N2O3S. The summed E-state index contributed by atoms with van der Waals surface area (Å²) in [6.07, 6.45) is 1.87. The first-order valence-electron chi connectivity index (χ1n) is 8.82. The molecule has 0 aliphatic carbocycles. The second kappa shape index (κ2) is 8.77. The lowest BCUT2D eigenvalue weighted by atomic mass is 10.2. The first-order valence-corrected chi connectivity index (χ1v) is 9.63. The number of amides is 1. The van der Waals surface area contributed by atoms with Gasteiger partial charge < -0.3 is 9.47 Å². The van der Waals surface area contributed by atoms with Crippen molar-refractivity contribution in [2.45, 2.75) is 13.8 Å². The maximum Gasteiger partial charge on any atom is 0.266 e. The minimum absolute atomic E-state index is 0.0361. The Labute approximate surface area is 163 Å². The lowest BCUT2D eigenvalue weighted by Crippen LogP contribution is -2.28. The van der Waals surface area contributed by atoms with Crippen LogP contribution in [0.25, 0.3) is 6.08 Å². The molecule has 0 saturated carbocycles. The van der Waals surface area contributed by atoms with Gasteiger partial charge in [0, 0.05) is 6.54 Å². The minimum Gasteiger partial charge on any atom is -0.493 e. The van der Waals surface area contributed by atoms with Crippen LogP contribution in [-0.2, 0) is 4.79 Å². The number of rotatable bonds is 6. The number of benzene rings is 2.